The Morgan fingerprint density at radius 3 is 2.76 bits per heavy atom. The van der Waals surface area contributed by atoms with E-state index in [1.54, 1.807) is 12.1 Å². The zero-order valence-electron chi connectivity index (χ0n) is 13.5. The lowest BCUT2D eigenvalue weighted by Crippen LogP contribution is -2.31. The number of allylic oxidation sites excluding steroid dienone is 2. The van der Waals surface area contributed by atoms with E-state index in [9.17, 15) is 9.18 Å². The summed E-state index contributed by atoms with van der Waals surface area (Å²) in [5, 5.41) is 3.33. The second kappa shape index (κ2) is 5.28. The minimum atomic E-state index is -0.479. The second-order valence-electron chi connectivity index (χ2n) is 6.51. The van der Waals surface area contributed by atoms with Gasteiger partial charge in [0.15, 0.2) is 5.78 Å². The average molecular weight is 333 g/mol. The number of nitrogens with zero attached hydrogens (tertiary/aromatic N) is 2. The van der Waals surface area contributed by atoms with Gasteiger partial charge in [-0.3, -0.25) is 9.36 Å². The third kappa shape index (κ3) is 2.05. The lowest BCUT2D eigenvalue weighted by Gasteiger charge is -2.34. The van der Waals surface area contributed by atoms with Crippen molar-refractivity contribution >= 4 is 22.8 Å². The molecular weight excluding hydrogens is 317 g/mol. The van der Waals surface area contributed by atoms with E-state index in [1.165, 1.54) is 6.07 Å². The number of anilines is 1. The third-order valence-electron chi connectivity index (χ3n) is 5.05. The number of imidazole rings is 1. The Morgan fingerprint density at radius 1 is 1.08 bits per heavy atom. The molecule has 0 saturated carbocycles. The van der Waals surface area contributed by atoms with Crippen molar-refractivity contribution in [3.63, 3.8) is 0 Å². The van der Waals surface area contributed by atoms with Gasteiger partial charge in [-0.25, -0.2) is 9.37 Å². The molecule has 0 fully saturated rings. The van der Waals surface area contributed by atoms with Gasteiger partial charge in [0.25, 0.3) is 0 Å². The standard InChI is InChI=1S/C20H16FN3O/c21-13-7-2-1-6-12(13)19-18-15(9-5-11-17(18)25)23-20-22-14-8-3-4-10-16(14)24(19)20/h1-4,6-8,10,19H,5,9,11H2,(H,22,23). The second-order valence-corrected chi connectivity index (χ2v) is 6.51. The van der Waals surface area contributed by atoms with Crippen molar-refractivity contribution < 1.29 is 9.18 Å². The smallest absolute Gasteiger partial charge is 0.209 e. The fraction of sp³-hybridized carbons (Fsp3) is 0.200. The molecule has 1 aromatic heterocycles. The van der Waals surface area contributed by atoms with E-state index in [4.69, 9.17) is 0 Å². The average Bonchev–Trinajstić information content (AvgIpc) is 2.99. The van der Waals surface area contributed by atoms with Gasteiger partial charge in [-0.1, -0.05) is 30.3 Å². The molecule has 3 aromatic rings. The van der Waals surface area contributed by atoms with Crippen molar-refractivity contribution in [1.29, 1.82) is 0 Å². The highest BCUT2D eigenvalue weighted by Gasteiger charge is 2.37. The monoisotopic (exact) mass is 333 g/mol. The Balaban J connectivity index is 1.85. The molecule has 1 unspecified atom stereocenters. The zero-order chi connectivity index (χ0) is 17.0. The fourth-order valence-electron chi connectivity index (χ4n) is 3.96. The maximum Gasteiger partial charge on any atom is 0.209 e. The normalized spacial score (nSPS) is 19.6. The van der Waals surface area contributed by atoms with Gasteiger partial charge in [0.05, 0.1) is 17.1 Å². The first kappa shape index (κ1) is 14.4. The van der Waals surface area contributed by atoms with Crippen LogP contribution < -0.4 is 5.32 Å². The summed E-state index contributed by atoms with van der Waals surface area (Å²) < 4.78 is 16.6. The van der Waals surface area contributed by atoms with Crippen LogP contribution in [0.3, 0.4) is 0 Å². The van der Waals surface area contributed by atoms with Crippen LogP contribution in [0.2, 0.25) is 0 Å². The molecule has 0 saturated heterocycles. The quantitative estimate of drug-likeness (QED) is 0.726. The minimum absolute atomic E-state index is 0.0884. The molecule has 1 aliphatic carbocycles. The predicted octanol–water partition coefficient (Wildman–Crippen LogP) is 4.20. The van der Waals surface area contributed by atoms with Crippen molar-refractivity contribution in [3.8, 4) is 0 Å². The lowest BCUT2D eigenvalue weighted by atomic mass is 9.85. The first-order valence-corrected chi connectivity index (χ1v) is 8.48. The van der Waals surface area contributed by atoms with Gasteiger partial charge in [-0.2, -0.15) is 0 Å². The number of hydrogen-bond acceptors (Lipinski definition) is 3. The Labute approximate surface area is 144 Å². The number of benzene rings is 2. The van der Waals surface area contributed by atoms with Crippen molar-refractivity contribution in [2.75, 3.05) is 5.32 Å². The van der Waals surface area contributed by atoms with Gasteiger partial charge in [-0.15, -0.1) is 0 Å². The summed E-state index contributed by atoms with van der Waals surface area (Å²) >= 11 is 0. The van der Waals surface area contributed by atoms with Crippen LogP contribution >= 0.6 is 0 Å². The van der Waals surface area contributed by atoms with Gasteiger partial charge in [-0.05, 0) is 31.0 Å². The van der Waals surface area contributed by atoms with Crippen LogP contribution in [0.25, 0.3) is 11.0 Å². The molecule has 5 heteroatoms. The van der Waals surface area contributed by atoms with E-state index < -0.39 is 6.04 Å². The molecule has 0 bridgehead atoms. The molecule has 25 heavy (non-hydrogen) atoms. The summed E-state index contributed by atoms with van der Waals surface area (Å²) in [6.07, 6.45) is 2.11. The first-order chi connectivity index (χ1) is 12.2. The van der Waals surface area contributed by atoms with Crippen molar-refractivity contribution in [1.82, 2.24) is 9.55 Å². The Kier molecular flexibility index (Phi) is 3.04. The van der Waals surface area contributed by atoms with E-state index in [0.29, 0.717) is 23.5 Å². The van der Waals surface area contributed by atoms with E-state index in [-0.39, 0.29) is 11.6 Å². The van der Waals surface area contributed by atoms with Gasteiger partial charge in [0, 0.05) is 23.3 Å². The highest BCUT2D eigenvalue weighted by atomic mass is 19.1. The number of aromatic nitrogens is 2. The lowest BCUT2D eigenvalue weighted by molar-refractivity contribution is -0.116. The summed E-state index contributed by atoms with van der Waals surface area (Å²) in [6, 6.07) is 14.0. The molecule has 0 amide bonds. The topological polar surface area (TPSA) is 46.9 Å². The summed E-state index contributed by atoms with van der Waals surface area (Å²) in [5.41, 5.74) is 3.79. The largest absolute Gasteiger partial charge is 0.329 e. The summed E-state index contributed by atoms with van der Waals surface area (Å²) in [5.74, 6) is 0.455. The van der Waals surface area contributed by atoms with Crippen LogP contribution in [0, 0.1) is 5.82 Å². The van der Waals surface area contributed by atoms with Crippen LogP contribution in [0.4, 0.5) is 10.3 Å². The van der Waals surface area contributed by atoms with Gasteiger partial charge in [0.2, 0.25) is 5.95 Å². The van der Waals surface area contributed by atoms with Crippen LogP contribution in [-0.4, -0.2) is 15.3 Å². The molecule has 0 radical (unpaired) electrons. The maximum atomic E-state index is 14.7. The molecule has 1 N–H and O–H groups in total. The summed E-state index contributed by atoms with van der Waals surface area (Å²) in [6.45, 7) is 0. The fourth-order valence-corrected chi connectivity index (χ4v) is 3.96. The highest BCUT2D eigenvalue weighted by molar-refractivity contribution is 6.00. The maximum absolute atomic E-state index is 14.7. The molecule has 5 rings (SSSR count). The number of Topliss-reactive ketones (excluding diaryl/α,β-unsaturated/α-hetero) is 1. The van der Waals surface area contributed by atoms with E-state index >= 15 is 0 Å². The van der Waals surface area contributed by atoms with Gasteiger partial charge < -0.3 is 5.32 Å². The highest BCUT2D eigenvalue weighted by Crippen LogP contribution is 2.43. The van der Waals surface area contributed by atoms with Crippen molar-refractivity contribution in [2.24, 2.45) is 0 Å². The Morgan fingerprint density at radius 2 is 1.88 bits per heavy atom. The number of para-hydroxylation sites is 2. The minimum Gasteiger partial charge on any atom is -0.329 e. The first-order valence-electron chi connectivity index (χ1n) is 8.48. The number of carbonyl (C=O) groups excluding carboxylic acids is 1. The molecule has 124 valence electrons. The number of rotatable bonds is 1. The third-order valence-corrected chi connectivity index (χ3v) is 5.05. The predicted molar refractivity (Wildman–Crippen MR) is 93.8 cm³/mol. The number of fused-ring (bicyclic) bond motifs is 3. The summed E-state index contributed by atoms with van der Waals surface area (Å²) in [7, 11) is 0. The van der Waals surface area contributed by atoms with Crippen LogP contribution in [0.5, 0.6) is 0 Å². The SMILES string of the molecule is O=C1CCCC2=C1C(c1ccccc1F)n1c(nc3ccccc31)N2. The van der Waals surface area contributed by atoms with Crippen LogP contribution in [0.1, 0.15) is 30.9 Å². The number of ketones is 1. The number of carbonyl (C=O) groups is 1. The molecular formula is C20H16FN3O. The number of nitrogens with one attached hydrogen (secondary N) is 1. The van der Waals surface area contributed by atoms with Crippen molar-refractivity contribution in [3.05, 3.63) is 71.2 Å². The molecule has 2 heterocycles. The molecule has 0 spiro atoms. The number of hydrogen-bond donors (Lipinski definition) is 1. The van der Waals surface area contributed by atoms with Crippen molar-refractivity contribution in [2.45, 2.75) is 25.3 Å². The van der Waals surface area contributed by atoms with E-state index in [2.05, 4.69) is 10.3 Å². The Hall–Kier alpha value is -2.95. The summed E-state index contributed by atoms with van der Waals surface area (Å²) in [4.78, 5) is 17.4. The van der Waals surface area contributed by atoms with Crippen LogP contribution in [0.15, 0.2) is 59.8 Å². The van der Waals surface area contributed by atoms with Gasteiger partial charge >= 0.3 is 0 Å². The van der Waals surface area contributed by atoms with Gasteiger partial charge in [0.1, 0.15) is 5.82 Å². The van der Waals surface area contributed by atoms with Crippen LogP contribution in [-0.2, 0) is 4.79 Å². The molecule has 4 nitrogen and oxygen atoms in total. The molecule has 1 atom stereocenters. The van der Waals surface area contributed by atoms with E-state index in [0.717, 1.165) is 29.6 Å². The number of halogens is 1. The molecule has 2 aliphatic rings. The molecule has 1 aliphatic heterocycles. The zero-order valence-corrected chi connectivity index (χ0v) is 13.5. The van der Waals surface area contributed by atoms with E-state index in [1.807, 2.05) is 34.9 Å². The molecule has 2 aromatic carbocycles. The Bertz CT molecular complexity index is 1050.